The summed E-state index contributed by atoms with van der Waals surface area (Å²) in [6.45, 7) is 6.14. The molecule has 2 heterocycles. The standard InChI is InChI=1S/C27H34N4O3S/c1-19(2)35(33,34)18-20-6-5-8-22(14-20)21-10-12-30(13-11-21)16-24-17-31(29-28-24)27-25-9-4-3-7-23(25)15-26(27)32/h3-9,14,17,19,21,26-27,32H,10-13,15-16,18H2,1-2H3/t26-,27-/m0/s1. The van der Waals surface area contributed by atoms with E-state index in [0.29, 0.717) is 12.3 Å². The summed E-state index contributed by atoms with van der Waals surface area (Å²) >= 11 is 0. The van der Waals surface area contributed by atoms with E-state index in [4.69, 9.17) is 0 Å². The molecule has 1 aromatic heterocycles. The number of rotatable bonds is 7. The van der Waals surface area contributed by atoms with Gasteiger partial charge in [0.25, 0.3) is 0 Å². The largest absolute Gasteiger partial charge is 0.390 e. The molecule has 0 spiro atoms. The van der Waals surface area contributed by atoms with Gasteiger partial charge in [-0.1, -0.05) is 53.7 Å². The lowest BCUT2D eigenvalue weighted by atomic mass is 9.88. The summed E-state index contributed by atoms with van der Waals surface area (Å²) in [5.74, 6) is 0.543. The minimum absolute atomic E-state index is 0.104. The molecule has 1 aliphatic carbocycles. The van der Waals surface area contributed by atoms with Crippen molar-refractivity contribution in [1.29, 1.82) is 0 Å². The maximum Gasteiger partial charge on any atom is 0.156 e. The second kappa shape index (κ2) is 9.84. The molecule has 3 aromatic rings. The number of benzene rings is 2. The number of sulfone groups is 1. The molecule has 8 heteroatoms. The smallest absolute Gasteiger partial charge is 0.156 e. The van der Waals surface area contributed by atoms with Crippen LogP contribution in [0.5, 0.6) is 0 Å². The lowest BCUT2D eigenvalue weighted by Gasteiger charge is -2.31. The molecule has 1 N–H and O–H groups in total. The van der Waals surface area contributed by atoms with Crippen molar-refractivity contribution < 1.29 is 13.5 Å². The molecule has 0 saturated carbocycles. The second-order valence-electron chi connectivity index (χ2n) is 10.3. The van der Waals surface area contributed by atoms with Crippen LogP contribution < -0.4 is 0 Å². The van der Waals surface area contributed by atoms with Crippen molar-refractivity contribution in [1.82, 2.24) is 19.9 Å². The van der Waals surface area contributed by atoms with E-state index in [2.05, 4.69) is 39.5 Å². The summed E-state index contributed by atoms with van der Waals surface area (Å²) in [6.07, 6.45) is 4.20. The maximum absolute atomic E-state index is 12.3. The Kier molecular flexibility index (Phi) is 6.79. The van der Waals surface area contributed by atoms with Gasteiger partial charge >= 0.3 is 0 Å². The Balaban J connectivity index is 1.19. The molecule has 0 radical (unpaired) electrons. The Morgan fingerprint density at radius 3 is 2.63 bits per heavy atom. The molecule has 1 fully saturated rings. The summed E-state index contributed by atoms with van der Waals surface area (Å²) in [4.78, 5) is 2.40. The molecule has 35 heavy (non-hydrogen) atoms. The quantitative estimate of drug-likeness (QED) is 0.541. The van der Waals surface area contributed by atoms with Gasteiger partial charge in [-0.25, -0.2) is 13.1 Å². The van der Waals surface area contributed by atoms with E-state index in [1.165, 1.54) is 11.1 Å². The molecular weight excluding hydrogens is 460 g/mol. The van der Waals surface area contributed by atoms with Crippen molar-refractivity contribution >= 4 is 9.84 Å². The summed E-state index contributed by atoms with van der Waals surface area (Å²) in [5, 5.41) is 19.0. The highest BCUT2D eigenvalue weighted by atomic mass is 32.2. The maximum atomic E-state index is 12.3. The third-order valence-electron chi connectivity index (χ3n) is 7.49. The summed E-state index contributed by atoms with van der Waals surface area (Å²) in [6, 6.07) is 16.1. The third-order valence-corrected chi connectivity index (χ3v) is 9.66. The van der Waals surface area contributed by atoms with Gasteiger partial charge in [0.05, 0.1) is 29.0 Å². The number of piperidine rings is 1. The molecule has 0 amide bonds. The van der Waals surface area contributed by atoms with Crippen molar-refractivity contribution in [3.63, 3.8) is 0 Å². The van der Waals surface area contributed by atoms with Crippen LogP contribution >= 0.6 is 0 Å². The molecule has 5 rings (SSSR count). The molecule has 0 unspecified atom stereocenters. The van der Waals surface area contributed by atoms with Crippen molar-refractivity contribution in [2.75, 3.05) is 13.1 Å². The highest BCUT2D eigenvalue weighted by molar-refractivity contribution is 7.91. The number of aliphatic hydroxyl groups is 1. The molecule has 1 aliphatic heterocycles. The summed E-state index contributed by atoms with van der Waals surface area (Å²) in [7, 11) is -3.11. The first-order valence-electron chi connectivity index (χ1n) is 12.5. The van der Waals surface area contributed by atoms with Crippen LogP contribution in [0.3, 0.4) is 0 Å². The predicted octanol–water partition coefficient (Wildman–Crippen LogP) is 3.49. The second-order valence-corrected chi connectivity index (χ2v) is 12.8. The zero-order valence-electron chi connectivity index (χ0n) is 20.4. The van der Waals surface area contributed by atoms with E-state index in [1.54, 1.807) is 13.8 Å². The Bertz CT molecular complexity index is 1280. The third kappa shape index (κ3) is 5.20. The number of nitrogens with zero attached hydrogens (tertiary/aromatic N) is 4. The van der Waals surface area contributed by atoms with Crippen LogP contribution in [-0.2, 0) is 28.6 Å². The fourth-order valence-corrected chi connectivity index (χ4v) is 6.36. The Morgan fingerprint density at radius 2 is 1.86 bits per heavy atom. The zero-order valence-corrected chi connectivity index (χ0v) is 21.2. The molecule has 2 aromatic carbocycles. The van der Waals surface area contributed by atoms with Crippen LogP contribution in [0.25, 0.3) is 0 Å². The SMILES string of the molecule is CC(C)S(=O)(=O)Cc1cccc(C2CCN(Cc3cn([C@H]4c5ccccc5C[C@@H]4O)nn3)CC2)c1. The number of likely N-dealkylation sites (tertiary alicyclic amines) is 1. The van der Waals surface area contributed by atoms with Crippen LogP contribution in [0.2, 0.25) is 0 Å². The highest BCUT2D eigenvalue weighted by Gasteiger charge is 2.33. The number of fused-ring (bicyclic) bond motifs is 1. The van der Waals surface area contributed by atoms with E-state index in [0.717, 1.165) is 49.3 Å². The van der Waals surface area contributed by atoms with Crippen molar-refractivity contribution in [2.24, 2.45) is 0 Å². The first-order valence-corrected chi connectivity index (χ1v) is 14.2. The summed E-state index contributed by atoms with van der Waals surface area (Å²) in [5.41, 5.74) is 5.34. The van der Waals surface area contributed by atoms with E-state index in [-0.39, 0.29) is 17.0 Å². The van der Waals surface area contributed by atoms with Gasteiger partial charge in [0.2, 0.25) is 0 Å². The Morgan fingerprint density at radius 1 is 1.09 bits per heavy atom. The molecular formula is C27H34N4O3S. The van der Waals surface area contributed by atoms with Gasteiger partial charge in [0.1, 0.15) is 6.04 Å². The molecule has 1 saturated heterocycles. The van der Waals surface area contributed by atoms with Crippen molar-refractivity contribution in [3.8, 4) is 0 Å². The first kappa shape index (κ1) is 24.2. The van der Waals surface area contributed by atoms with Gasteiger partial charge in [0.15, 0.2) is 9.84 Å². The Labute approximate surface area is 207 Å². The molecule has 2 aliphatic rings. The van der Waals surface area contributed by atoms with Gasteiger partial charge in [-0.15, -0.1) is 5.10 Å². The number of hydrogen-bond donors (Lipinski definition) is 1. The minimum atomic E-state index is -3.11. The van der Waals surface area contributed by atoms with E-state index >= 15 is 0 Å². The number of aromatic nitrogens is 3. The van der Waals surface area contributed by atoms with Gasteiger partial charge in [-0.2, -0.15) is 0 Å². The molecule has 0 bridgehead atoms. The number of aliphatic hydroxyl groups excluding tert-OH is 1. The van der Waals surface area contributed by atoms with E-state index in [9.17, 15) is 13.5 Å². The minimum Gasteiger partial charge on any atom is -0.390 e. The lowest BCUT2D eigenvalue weighted by Crippen LogP contribution is -2.32. The average Bonchev–Trinajstić information content (AvgIpc) is 3.42. The van der Waals surface area contributed by atoms with Crippen LogP contribution in [-0.4, -0.2) is 57.9 Å². The number of hydrogen-bond acceptors (Lipinski definition) is 6. The Hall–Kier alpha value is -2.55. The average molecular weight is 495 g/mol. The van der Waals surface area contributed by atoms with Crippen molar-refractivity contribution in [2.45, 2.75) is 68.7 Å². The monoisotopic (exact) mass is 494 g/mol. The van der Waals surface area contributed by atoms with Crippen molar-refractivity contribution in [3.05, 3.63) is 82.7 Å². The van der Waals surface area contributed by atoms with Crippen LogP contribution in [0.4, 0.5) is 0 Å². The molecule has 2 atom stereocenters. The van der Waals surface area contributed by atoms with Gasteiger partial charge < -0.3 is 5.11 Å². The van der Waals surface area contributed by atoms with Crippen LogP contribution in [0.1, 0.15) is 66.6 Å². The molecule has 7 nitrogen and oxygen atoms in total. The fraction of sp³-hybridized carbons (Fsp3) is 0.481. The van der Waals surface area contributed by atoms with Crippen LogP contribution in [0, 0.1) is 0 Å². The van der Waals surface area contributed by atoms with Crippen LogP contribution in [0.15, 0.2) is 54.7 Å². The lowest BCUT2D eigenvalue weighted by molar-refractivity contribution is 0.137. The van der Waals surface area contributed by atoms with E-state index < -0.39 is 15.9 Å². The normalized spacial score (nSPS) is 21.5. The first-order chi connectivity index (χ1) is 16.8. The topological polar surface area (TPSA) is 88.3 Å². The summed E-state index contributed by atoms with van der Waals surface area (Å²) < 4.78 is 26.5. The van der Waals surface area contributed by atoms with Gasteiger partial charge in [0, 0.05) is 13.0 Å². The predicted molar refractivity (Wildman–Crippen MR) is 136 cm³/mol. The van der Waals surface area contributed by atoms with E-state index in [1.807, 2.05) is 35.1 Å². The highest BCUT2D eigenvalue weighted by Crippen LogP contribution is 2.34. The fourth-order valence-electron chi connectivity index (χ4n) is 5.38. The zero-order chi connectivity index (χ0) is 24.6. The van der Waals surface area contributed by atoms with Gasteiger partial charge in [-0.05, 0) is 68.0 Å². The molecule has 186 valence electrons. The van der Waals surface area contributed by atoms with Gasteiger partial charge in [-0.3, -0.25) is 4.90 Å².